The molecule has 2 heterocycles. The fraction of sp³-hybridized carbons (Fsp3) is 0.188. The molecule has 0 aliphatic heterocycles. The third-order valence-corrected chi connectivity index (χ3v) is 8.33. The molecule has 0 aliphatic rings. The fourth-order valence-corrected chi connectivity index (χ4v) is 5.85. The molecule has 43 heavy (non-hydrogen) atoms. The van der Waals surface area contributed by atoms with Gasteiger partial charge in [0, 0.05) is 26.7 Å². The summed E-state index contributed by atoms with van der Waals surface area (Å²) in [5, 5.41) is 7.26. The first-order chi connectivity index (χ1) is 20.6. The van der Waals surface area contributed by atoms with Gasteiger partial charge in [0.15, 0.2) is 5.65 Å². The highest BCUT2D eigenvalue weighted by Gasteiger charge is 2.16. The first-order valence-electron chi connectivity index (χ1n) is 13.7. The molecular formula is C32H32N6O3S2. The molecule has 1 unspecified atom stereocenters. The van der Waals surface area contributed by atoms with Gasteiger partial charge in [0.25, 0.3) is 5.91 Å². The maximum Gasteiger partial charge on any atom is 0.251 e. The molecule has 11 heteroatoms. The second-order valence-electron chi connectivity index (χ2n) is 10.4. The zero-order chi connectivity index (χ0) is 30.6. The van der Waals surface area contributed by atoms with Crippen LogP contribution in [0.5, 0.6) is 0 Å². The number of amides is 1. The van der Waals surface area contributed by atoms with Crippen molar-refractivity contribution < 1.29 is 13.2 Å². The summed E-state index contributed by atoms with van der Waals surface area (Å²) in [4.78, 5) is 28.6. The average Bonchev–Trinajstić information content (AvgIpc) is 2.98. The van der Waals surface area contributed by atoms with Crippen LogP contribution < -0.4 is 15.4 Å². The van der Waals surface area contributed by atoms with E-state index in [1.807, 2.05) is 67.6 Å². The van der Waals surface area contributed by atoms with Gasteiger partial charge in [-0.25, -0.2) is 23.4 Å². The van der Waals surface area contributed by atoms with Crippen molar-refractivity contribution in [3.8, 4) is 0 Å². The molecule has 5 rings (SSSR count). The van der Waals surface area contributed by atoms with Gasteiger partial charge in [-0.3, -0.25) is 9.52 Å². The summed E-state index contributed by atoms with van der Waals surface area (Å²) in [6.45, 7) is 6.11. The molecule has 3 aromatic carbocycles. The van der Waals surface area contributed by atoms with Gasteiger partial charge >= 0.3 is 0 Å². The van der Waals surface area contributed by atoms with Gasteiger partial charge < -0.3 is 10.6 Å². The number of rotatable bonds is 10. The first kappa shape index (κ1) is 30.0. The summed E-state index contributed by atoms with van der Waals surface area (Å²) in [6, 6.07) is 26.1. The smallest absolute Gasteiger partial charge is 0.251 e. The summed E-state index contributed by atoms with van der Waals surface area (Å²) in [5.74, 6) is 0.617. The number of nitrogens with zero attached hydrogens (tertiary/aromatic N) is 3. The van der Waals surface area contributed by atoms with Crippen molar-refractivity contribution in [3.63, 3.8) is 0 Å². The Hall–Kier alpha value is -4.48. The third kappa shape index (κ3) is 7.68. The molecule has 1 amide bonds. The Kier molecular flexibility index (Phi) is 8.93. The van der Waals surface area contributed by atoms with E-state index in [1.165, 1.54) is 18.1 Å². The van der Waals surface area contributed by atoms with Crippen LogP contribution in [0.3, 0.4) is 0 Å². The number of pyridine rings is 1. The van der Waals surface area contributed by atoms with E-state index >= 15 is 0 Å². The molecule has 1 atom stereocenters. The molecule has 9 nitrogen and oxygen atoms in total. The van der Waals surface area contributed by atoms with Crippen molar-refractivity contribution in [3.05, 3.63) is 108 Å². The van der Waals surface area contributed by atoms with Crippen LogP contribution in [0.25, 0.3) is 11.0 Å². The molecule has 3 N–H and O–H groups in total. The highest BCUT2D eigenvalue weighted by molar-refractivity contribution is 7.99. The van der Waals surface area contributed by atoms with Gasteiger partial charge in [-0.05, 0) is 73.0 Å². The Balaban J connectivity index is 1.48. The number of carbonyl (C=O) groups excluding carboxylic acids is 1. The van der Waals surface area contributed by atoms with Crippen LogP contribution in [-0.4, -0.2) is 35.5 Å². The Morgan fingerprint density at radius 2 is 1.63 bits per heavy atom. The van der Waals surface area contributed by atoms with Gasteiger partial charge in [0.2, 0.25) is 10.0 Å². The number of sulfonamides is 1. The molecule has 220 valence electrons. The van der Waals surface area contributed by atoms with Crippen molar-refractivity contribution in [1.29, 1.82) is 0 Å². The van der Waals surface area contributed by atoms with Gasteiger partial charge in [0.1, 0.15) is 12.1 Å². The van der Waals surface area contributed by atoms with Crippen LogP contribution >= 0.6 is 11.8 Å². The summed E-state index contributed by atoms with van der Waals surface area (Å²) >= 11 is 1.47. The summed E-state index contributed by atoms with van der Waals surface area (Å²) in [5.41, 5.74) is 4.17. The van der Waals surface area contributed by atoms with Crippen molar-refractivity contribution in [2.24, 2.45) is 0 Å². The number of hydrogen-bond acceptors (Lipinski definition) is 8. The molecule has 0 bridgehead atoms. The maximum absolute atomic E-state index is 13.3. The van der Waals surface area contributed by atoms with Crippen molar-refractivity contribution in [1.82, 2.24) is 20.3 Å². The largest absolute Gasteiger partial charge is 0.346 e. The lowest BCUT2D eigenvalue weighted by atomic mass is 10.1. The lowest BCUT2D eigenvalue weighted by Crippen LogP contribution is -2.26. The van der Waals surface area contributed by atoms with E-state index < -0.39 is 10.0 Å². The number of aromatic nitrogens is 3. The van der Waals surface area contributed by atoms with Crippen molar-refractivity contribution >= 4 is 55.9 Å². The van der Waals surface area contributed by atoms with Crippen LogP contribution in [0.15, 0.2) is 101 Å². The lowest BCUT2D eigenvalue weighted by Gasteiger charge is -2.17. The van der Waals surface area contributed by atoms with E-state index in [9.17, 15) is 13.2 Å². The molecule has 0 saturated heterocycles. The van der Waals surface area contributed by atoms with Gasteiger partial charge in [-0.1, -0.05) is 55.9 Å². The molecule has 0 fully saturated rings. The molecule has 0 aliphatic carbocycles. The van der Waals surface area contributed by atoms with Crippen LogP contribution in [0.1, 0.15) is 54.3 Å². The predicted octanol–water partition coefficient (Wildman–Crippen LogP) is 6.91. The molecule has 5 aromatic rings. The lowest BCUT2D eigenvalue weighted by molar-refractivity contribution is 0.0940. The second kappa shape index (κ2) is 12.8. The number of benzene rings is 3. The van der Waals surface area contributed by atoms with E-state index in [0.717, 1.165) is 32.7 Å². The third-order valence-electron chi connectivity index (χ3n) is 6.64. The van der Waals surface area contributed by atoms with Crippen molar-refractivity contribution in [2.75, 3.05) is 16.3 Å². The molecule has 0 radical (unpaired) electrons. The first-order valence-corrected chi connectivity index (χ1v) is 16.4. The van der Waals surface area contributed by atoms with Crippen molar-refractivity contribution in [2.45, 2.75) is 42.5 Å². The Morgan fingerprint density at radius 1 is 0.884 bits per heavy atom. The Labute approximate surface area is 255 Å². The molecule has 0 saturated carbocycles. The maximum atomic E-state index is 13.3. The van der Waals surface area contributed by atoms with E-state index in [2.05, 4.69) is 39.2 Å². The quantitative estimate of drug-likeness (QED) is 0.155. The summed E-state index contributed by atoms with van der Waals surface area (Å²) < 4.78 is 25.7. The van der Waals surface area contributed by atoms with Gasteiger partial charge in [0.05, 0.1) is 23.4 Å². The zero-order valence-electron chi connectivity index (χ0n) is 24.2. The van der Waals surface area contributed by atoms with E-state index in [1.54, 1.807) is 24.3 Å². The van der Waals surface area contributed by atoms with E-state index in [-0.39, 0.29) is 17.9 Å². The minimum Gasteiger partial charge on any atom is -0.346 e. The number of nitrogens with one attached hydrogen (secondary N) is 3. The molecular weight excluding hydrogens is 581 g/mol. The fourth-order valence-electron chi connectivity index (χ4n) is 4.40. The second-order valence-corrected chi connectivity index (χ2v) is 13.3. The Bertz CT molecular complexity index is 1860. The standard InChI is InChI=1S/C32H32N6O3S2/c1-20(2)27-16-15-26-30(36-27)33-19-34-31(26)37-28-18-23(32(39)35-21(3)22-8-6-5-7-9-22)10-17-29(28)42-25-13-11-24(12-14-25)38-43(4,40)41/h5-21,38H,1-4H3,(H,35,39)(H,33,34,36,37). The SMILES string of the molecule is CC(C)c1ccc2c(Nc3cc(C(=O)NC(C)c4ccccc4)ccc3Sc3ccc(NS(C)(=O)=O)cc3)ncnc2n1. The van der Waals surface area contributed by atoms with E-state index in [4.69, 9.17) is 4.98 Å². The Morgan fingerprint density at radius 3 is 2.33 bits per heavy atom. The normalized spacial score (nSPS) is 12.2. The van der Waals surface area contributed by atoms with Crippen LogP contribution in [0.4, 0.5) is 17.2 Å². The predicted molar refractivity (Wildman–Crippen MR) is 173 cm³/mol. The van der Waals surface area contributed by atoms with E-state index in [0.29, 0.717) is 28.4 Å². The molecule has 0 spiro atoms. The molecule has 2 aromatic heterocycles. The monoisotopic (exact) mass is 612 g/mol. The highest BCUT2D eigenvalue weighted by atomic mass is 32.2. The number of fused-ring (bicyclic) bond motifs is 1. The zero-order valence-corrected chi connectivity index (χ0v) is 25.8. The number of anilines is 3. The van der Waals surface area contributed by atoms with Crippen LogP contribution in [-0.2, 0) is 10.0 Å². The number of carbonyl (C=O) groups is 1. The minimum absolute atomic E-state index is 0.176. The van der Waals surface area contributed by atoms with Crippen LogP contribution in [0, 0.1) is 0 Å². The average molecular weight is 613 g/mol. The van der Waals surface area contributed by atoms with Gasteiger partial charge in [-0.15, -0.1) is 0 Å². The highest BCUT2D eigenvalue weighted by Crippen LogP contribution is 2.37. The minimum atomic E-state index is -3.38. The summed E-state index contributed by atoms with van der Waals surface area (Å²) in [6.07, 6.45) is 2.59. The summed E-state index contributed by atoms with van der Waals surface area (Å²) in [7, 11) is -3.38. The van der Waals surface area contributed by atoms with Gasteiger partial charge in [-0.2, -0.15) is 0 Å². The topological polar surface area (TPSA) is 126 Å². The number of hydrogen-bond donors (Lipinski definition) is 3. The van der Waals surface area contributed by atoms with Crippen LogP contribution in [0.2, 0.25) is 0 Å².